The van der Waals surface area contributed by atoms with Gasteiger partial charge in [-0.3, -0.25) is 24.5 Å². The zero-order valence-corrected chi connectivity index (χ0v) is 16.8. The predicted molar refractivity (Wildman–Crippen MR) is 108 cm³/mol. The van der Waals surface area contributed by atoms with E-state index in [0.717, 1.165) is 0 Å². The summed E-state index contributed by atoms with van der Waals surface area (Å²) in [6, 6.07) is 8.96. The molecule has 0 radical (unpaired) electrons. The van der Waals surface area contributed by atoms with E-state index in [4.69, 9.17) is 16.3 Å². The molecule has 4 rings (SSSR count). The number of halogens is 1. The quantitative estimate of drug-likeness (QED) is 0.729. The van der Waals surface area contributed by atoms with Crippen LogP contribution in [0, 0.1) is 0 Å². The van der Waals surface area contributed by atoms with Crippen LogP contribution in [-0.4, -0.2) is 41.7 Å². The molecule has 2 heterocycles. The largest absolute Gasteiger partial charge is 0.495 e. The smallest absolute Gasteiger partial charge is 0.255 e. The van der Waals surface area contributed by atoms with Gasteiger partial charge in [0.05, 0.1) is 12.8 Å². The molecule has 1 fully saturated rings. The molecule has 0 saturated carbocycles. The van der Waals surface area contributed by atoms with Crippen LogP contribution in [-0.2, 0) is 16.1 Å². The van der Waals surface area contributed by atoms with Crippen LogP contribution >= 0.6 is 11.6 Å². The standard InChI is InChI=1S/C21H18ClN3O5/c1-30-17-9-14-12(8-15(17)23-19(27)11-2-4-13(22)5-3-11)10-25(21(14)29)16-6-7-18(26)24-20(16)28/h2-5,8-9,16H,6-7,10H2,1H3,(H,23,27)(H,24,26,28). The number of methoxy groups -OCH3 is 1. The summed E-state index contributed by atoms with van der Waals surface area (Å²) in [7, 11) is 1.44. The van der Waals surface area contributed by atoms with Crippen molar-refractivity contribution in [1.29, 1.82) is 0 Å². The third-order valence-electron chi connectivity index (χ3n) is 5.20. The maximum atomic E-state index is 12.9. The van der Waals surface area contributed by atoms with Gasteiger partial charge in [-0.05, 0) is 48.4 Å². The first-order chi connectivity index (χ1) is 14.4. The summed E-state index contributed by atoms with van der Waals surface area (Å²) in [6.45, 7) is 0.203. The predicted octanol–water partition coefficient (Wildman–Crippen LogP) is 2.36. The van der Waals surface area contributed by atoms with Gasteiger partial charge in [-0.1, -0.05) is 11.6 Å². The van der Waals surface area contributed by atoms with E-state index in [2.05, 4.69) is 10.6 Å². The van der Waals surface area contributed by atoms with Crippen LogP contribution in [0.15, 0.2) is 36.4 Å². The Kier molecular flexibility index (Phi) is 5.17. The molecule has 0 bridgehead atoms. The van der Waals surface area contributed by atoms with Gasteiger partial charge in [-0.25, -0.2) is 0 Å². The zero-order valence-electron chi connectivity index (χ0n) is 16.0. The fraction of sp³-hybridized carbons (Fsp3) is 0.238. The number of imide groups is 1. The fourth-order valence-electron chi connectivity index (χ4n) is 3.66. The van der Waals surface area contributed by atoms with Crippen molar-refractivity contribution < 1.29 is 23.9 Å². The summed E-state index contributed by atoms with van der Waals surface area (Å²) in [6.07, 6.45) is 0.462. The number of anilines is 1. The molecule has 2 aliphatic heterocycles. The lowest BCUT2D eigenvalue weighted by molar-refractivity contribution is -0.136. The second-order valence-electron chi connectivity index (χ2n) is 7.07. The number of hydrogen-bond acceptors (Lipinski definition) is 5. The Labute approximate surface area is 177 Å². The number of ether oxygens (including phenoxy) is 1. The Morgan fingerprint density at radius 1 is 1.20 bits per heavy atom. The third kappa shape index (κ3) is 3.61. The van der Waals surface area contributed by atoms with E-state index in [-0.39, 0.29) is 37.1 Å². The van der Waals surface area contributed by atoms with Crippen LogP contribution in [0.5, 0.6) is 5.75 Å². The van der Waals surface area contributed by atoms with Gasteiger partial charge in [0.2, 0.25) is 11.8 Å². The first-order valence-electron chi connectivity index (χ1n) is 9.30. The van der Waals surface area contributed by atoms with Gasteiger partial charge in [0.15, 0.2) is 0 Å². The number of nitrogens with zero attached hydrogens (tertiary/aromatic N) is 1. The second kappa shape index (κ2) is 7.79. The van der Waals surface area contributed by atoms with E-state index >= 15 is 0 Å². The molecule has 2 N–H and O–H groups in total. The van der Waals surface area contributed by atoms with Crippen LogP contribution in [0.1, 0.15) is 39.1 Å². The van der Waals surface area contributed by atoms with Crippen LogP contribution in [0.25, 0.3) is 0 Å². The lowest BCUT2D eigenvalue weighted by Crippen LogP contribution is -2.52. The van der Waals surface area contributed by atoms with Crippen molar-refractivity contribution in [3.05, 3.63) is 58.1 Å². The molecule has 4 amide bonds. The Morgan fingerprint density at radius 3 is 2.60 bits per heavy atom. The molecule has 0 aromatic heterocycles. The highest BCUT2D eigenvalue weighted by Gasteiger charge is 2.39. The molecular formula is C21H18ClN3O5. The number of benzene rings is 2. The molecule has 8 nitrogen and oxygen atoms in total. The van der Waals surface area contributed by atoms with Crippen LogP contribution in [0.4, 0.5) is 5.69 Å². The van der Waals surface area contributed by atoms with Crippen LogP contribution in [0.2, 0.25) is 5.02 Å². The molecule has 154 valence electrons. The van der Waals surface area contributed by atoms with E-state index in [1.165, 1.54) is 12.0 Å². The number of rotatable bonds is 4. The lowest BCUT2D eigenvalue weighted by atomic mass is 10.0. The molecule has 0 spiro atoms. The molecule has 1 saturated heterocycles. The van der Waals surface area contributed by atoms with Crippen molar-refractivity contribution in [1.82, 2.24) is 10.2 Å². The first-order valence-corrected chi connectivity index (χ1v) is 9.67. The molecule has 30 heavy (non-hydrogen) atoms. The highest BCUT2D eigenvalue weighted by atomic mass is 35.5. The zero-order chi connectivity index (χ0) is 21.4. The summed E-state index contributed by atoms with van der Waals surface area (Å²) < 4.78 is 5.36. The van der Waals surface area contributed by atoms with Crippen molar-refractivity contribution in [2.24, 2.45) is 0 Å². The Bertz CT molecular complexity index is 1070. The van der Waals surface area contributed by atoms with Crippen molar-refractivity contribution in [3.8, 4) is 5.75 Å². The minimum Gasteiger partial charge on any atom is -0.495 e. The number of hydrogen-bond donors (Lipinski definition) is 2. The molecule has 9 heteroatoms. The Morgan fingerprint density at radius 2 is 1.93 bits per heavy atom. The maximum absolute atomic E-state index is 12.9. The fourth-order valence-corrected chi connectivity index (χ4v) is 3.78. The number of nitrogens with one attached hydrogen (secondary N) is 2. The topological polar surface area (TPSA) is 105 Å². The summed E-state index contributed by atoms with van der Waals surface area (Å²) >= 11 is 5.86. The molecule has 1 atom stereocenters. The number of carbonyl (C=O) groups excluding carboxylic acids is 4. The van der Waals surface area contributed by atoms with Gasteiger partial charge >= 0.3 is 0 Å². The number of piperidine rings is 1. The lowest BCUT2D eigenvalue weighted by Gasteiger charge is -2.29. The summed E-state index contributed by atoms with van der Waals surface area (Å²) in [5.41, 5.74) is 1.90. The van der Waals surface area contributed by atoms with Gasteiger partial charge in [0, 0.05) is 29.1 Å². The molecular weight excluding hydrogens is 410 g/mol. The van der Waals surface area contributed by atoms with Gasteiger partial charge in [0.1, 0.15) is 11.8 Å². The molecule has 2 aromatic rings. The van der Waals surface area contributed by atoms with Crippen LogP contribution in [0.3, 0.4) is 0 Å². The molecule has 0 aliphatic carbocycles. The Balaban J connectivity index is 1.59. The van der Waals surface area contributed by atoms with Crippen molar-refractivity contribution >= 4 is 40.9 Å². The van der Waals surface area contributed by atoms with Gasteiger partial charge < -0.3 is 15.0 Å². The van der Waals surface area contributed by atoms with E-state index in [1.807, 2.05) is 0 Å². The summed E-state index contributed by atoms with van der Waals surface area (Å²) in [5, 5.41) is 5.58. The Hall–Kier alpha value is -3.39. The highest BCUT2D eigenvalue weighted by Crippen LogP contribution is 2.35. The second-order valence-corrected chi connectivity index (χ2v) is 7.51. The molecule has 2 aliphatic rings. The monoisotopic (exact) mass is 427 g/mol. The van der Waals surface area contributed by atoms with Gasteiger partial charge in [0.25, 0.3) is 11.8 Å². The normalized spacial score (nSPS) is 18.1. The van der Waals surface area contributed by atoms with E-state index in [1.54, 1.807) is 36.4 Å². The number of fused-ring (bicyclic) bond motifs is 1. The van der Waals surface area contributed by atoms with E-state index in [9.17, 15) is 19.2 Å². The van der Waals surface area contributed by atoms with Crippen molar-refractivity contribution in [2.45, 2.75) is 25.4 Å². The first kappa shape index (κ1) is 19.9. The molecule has 1 unspecified atom stereocenters. The maximum Gasteiger partial charge on any atom is 0.255 e. The summed E-state index contributed by atoms with van der Waals surface area (Å²) in [4.78, 5) is 50.5. The summed E-state index contributed by atoms with van der Waals surface area (Å²) in [5.74, 6) is -1.15. The van der Waals surface area contributed by atoms with E-state index in [0.29, 0.717) is 33.1 Å². The number of carbonyl (C=O) groups is 4. The average molecular weight is 428 g/mol. The van der Waals surface area contributed by atoms with Crippen molar-refractivity contribution in [3.63, 3.8) is 0 Å². The van der Waals surface area contributed by atoms with Crippen molar-refractivity contribution in [2.75, 3.05) is 12.4 Å². The SMILES string of the molecule is COc1cc2c(cc1NC(=O)c1ccc(Cl)cc1)CN(C1CCC(=O)NC1=O)C2=O. The number of amides is 4. The molecule has 2 aromatic carbocycles. The minimum absolute atomic E-state index is 0.183. The van der Waals surface area contributed by atoms with Gasteiger partial charge in [-0.2, -0.15) is 0 Å². The van der Waals surface area contributed by atoms with Crippen LogP contribution < -0.4 is 15.4 Å². The average Bonchev–Trinajstić information content (AvgIpc) is 3.03. The van der Waals surface area contributed by atoms with E-state index < -0.39 is 11.9 Å². The van der Waals surface area contributed by atoms with Gasteiger partial charge in [-0.15, -0.1) is 0 Å². The third-order valence-corrected chi connectivity index (χ3v) is 5.45. The highest BCUT2D eigenvalue weighted by molar-refractivity contribution is 6.30. The minimum atomic E-state index is -0.708.